The van der Waals surface area contributed by atoms with Crippen molar-refractivity contribution in [1.82, 2.24) is 0 Å². The number of Topliss-reactive ketones (excluding diaryl/α,β-unsaturated/α-hetero) is 1. The van der Waals surface area contributed by atoms with Crippen LogP contribution in [0.3, 0.4) is 0 Å². The molecule has 6 heteroatoms. The van der Waals surface area contributed by atoms with Gasteiger partial charge in [-0.25, -0.2) is 0 Å². The fraction of sp³-hybridized carbons (Fsp3) is 0.385. The van der Waals surface area contributed by atoms with Crippen LogP contribution in [0.2, 0.25) is 0 Å². The second kappa shape index (κ2) is 6.08. The Kier molecular flexibility index (Phi) is 4.22. The molecule has 1 aliphatic rings. The lowest BCUT2D eigenvalue weighted by Crippen LogP contribution is -2.17. The molecule has 1 aromatic rings. The Hall–Kier alpha value is -2.24. The number of benzene rings is 1. The van der Waals surface area contributed by atoms with Crippen molar-refractivity contribution in [3.8, 4) is 17.2 Å². The van der Waals surface area contributed by atoms with Crippen LogP contribution < -0.4 is 14.2 Å². The van der Waals surface area contributed by atoms with Gasteiger partial charge in [-0.15, -0.1) is 0 Å². The number of fused-ring (bicyclic) bond motifs is 1. The number of ether oxygens (including phenoxy) is 4. The maximum atomic E-state index is 11.5. The Labute approximate surface area is 110 Å². The molecule has 0 saturated heterocycles. The predicted molar refractivity (Wildman–Crippen MR) is 64.3 cm³/mol. The molecule has 0 N–H and O–H groups in total. The third-order valence-corrected chi connectivity index (χ3v) is 2.39. The Morgan fingerprint density at radius 3 is 2.84 bits per heavy atom. The van der Waals surface area contributed by atoms with Gasteiger partial charge in [-0.2, -0.15) is 0 Å². The zero-order chi connectivity index (χ0) is 13.7. The fourth-order valence-electron chi connectivity index (χ4n) is 1.55. The lowest BCUT2D eigenvalue weighted by atomic mass is 10.3. The lowest BCUT2D eigenvalue weighted by Gasteiger charge is -2.06. The van der Waals surface area contributed by atoms with E-state index in [-0.39, 0.29) is 32.2 Å². The zero-order valence-corrected chi connectivity index (χ0v) is 10.5. The van der Waals surface area contributed by atoms with Gasteiger partial charge in [-0.3, -0.25) is 9.59 Å². The number of carbonyl (C=O) groups excluding carboxylic acids is 2. The van der Waals surface area contributed by atoms with E-state index in [1.54, 1.807) is 25.1 Å². The van der Waals surface area contributed by atoms with E-state index in [0.29, 0.717) is 17.2 Å². The summed E-state index contributed by atoms with van der Waals surface area (Å²) in [6.45, 7) is 1.94. The quantitative estimate of drug-likeness (QED) is 0.571. The van der Waals surface area contributed by atoms with Crippen molar-refractivity contribution in [2.45, 2.75) is 13.3 Å². The normalized spacial score (nSPS) is 12.1. The van der Waals surface area contributed by atoms with Gasteiger partial charge < -0.3 is 18.9 Å². The average Bonchev–Trinajstić information content (AvgIpc) is 2.83. The molecule has 0 atom stereocenters. The topological polar surface area (TPSA) is 71.1 Å². The van der Waals surface area contributed by atoms with Gasteiger partial charge in [-0.1, -0.05) is 0 Å². The molecule has 102 valence electrons. The molecular formula is C13H14O6. The summed E-state index contributed by atoms with van der Waals surface area (Å²) in [6, 6.07) is 5.01. The van der Waals surface area contributed by atoms with Crippen molar-refractivity contribution in [3.63, 3.8) is 0 Å². The van der Waals surface area contributed by atoms with Gasteiger partial charge in [0, 0.05) is 6.07 Å². The first-order valence-corrected chi connectivity index (χ1v) is 5.89. The Bertz CT molecular complexity index is 482. The van der Waals surface area contributed by atoms with E-state index in [2.05, 4.69) is 4.74 Å². The molecule has 0 bridgehead atoms. The first kappa shape index (κ1) is 13.2. The molecule has 1 heterocycles. The summed E-state index contributed by atoms with van der Waals surface area (Å²) in [5, 5.41) is 0. The minimum absolute atomic E-state index is 0.181. The highest BCUT2D eigenvalue weighted by atomic mass is 16.7. The summed E-state index contributed by atoms with van der Waals surface area (Å²) in [7, 11) is 0. The van der Waals surface area contributed by atoms with Gasteiger partial charge in [-0.05, 0) is 19.1 Å². The SMILES string of the molecule is CCOC(=O)CC(=O)COc1ccc2c(c1)OCO2. The maximum absolute atomic E-state index is 11.5. The molecular weight excluding hydrogens is 252 g/mol. The predicted octanol–water partition coefficient (Wildman–Crippen LogP) is 1.32. The van der Waals surface area contributed by atoms with Crippen LogP contribution in [-0.4, -0.2) is 31.8 Å². The minimum atomic E-state index is -0.540. The molecule has 1 aromatic carbocycles. The van der Waals surface area contributed by atoms with Crippen LogP contribution in [0.1, 0.15) is 13.3 Å². The standard InChI is InChI=1S/C13H14O6/c1-2-16-13(15)5-9(14)7-17-10-3-4-11-12(6-10)19-8-18-11/h3-4,6H,2,5,7-8H2,1H3. The molecule has 0 unspecified atom stereocenters. The Balaban J connectivity index is 1.82. The van der Waals surface area contributed by atoms with Crippen molar-refractivity contribution < 1.29 is 28.5 Å². The van der Waals surface area contributed by atoms with Gasteiger partial charge in [0.25, 0.3) is 0 Å². The number of ketones is 1. The first-order valence-electron chi connectivity index (χ1n) is 5.89. The third-order valence-electron chi connectivity index (χ3n) is 2.39. The van der Waals surface area contributed by atoms with Gasteiger partial charge in [0.1, 0.15) is 18.8 Å². The molecule has 0 fully saturated rings. The number of rotatable bonds is 6. The summed E-state index contributed by atoms with van der Waals surface area (Å²) in [5.41, 5.74) is 0. The molecule has 0 aromatic heterocycles. The van der Waals surface area contributed by atoms with E-state index >= 15 is 0 Å². The van der Waals surface area contributed by atoms with Gasteiger partial charge in [0.05, 0.1) is 6.61 Å². The van der Waals surface area contributed by atoms with Crippen LogP contribution in [0, 0.1) is 0 Å². The molecule has 2 rings (SSSR count). The Morgan fingerprint density at radius 1 is 1.26 bits per heavy atom. The van der Waals surface area contributed by atoms with E-state index in [0.717, 1.165) is 0 Å². The molecule has 0 aliphatic carbocycles. The van der Waals surface area contributed by atoms with E-state index in [1.165, 1.54) is 0 Å². The van der Waals surface area contributed by atoms with Crippen molar-refractivity contribution in [3.05, 3.63) is 18.2 Å². The van der Waals surface area contributed by atoms with Crippen LogP contribution in [-0.2, 0) is 14.3 Å². The summed E-state index contributed by atoms with van der Waals surface area (Å²) in [4.78, 5) is 22.5. The van der Waals surface area contributed by atoms with Crippen molar-refractivity contribution in [2.24, 2.45) is 0 Å². The summed E-state index contributed by atoms with van der Waals surface area (Å²) in [6.07, 6.45) is -0.279. The van der Waals surface area contributed by atoms with Crippen molar-refractivity contribution in [2.75, 3.05) is 20.0 Å². The highest BCUT2D eigenvalue weighted by Crippen LogP contribution is 2.34. The molecule has 6 nitrogen and oxygen atoms in total. The molecule has 0 radical (unpaired) electrons. The Morgan fingerprint density at radius 2 is 2.05 bits per heavy atom. The average molecular weight is 266 g/mol. The van der Waals surface area contributed by atoms with Crippen LogP contribution in [0.25, 0.3) is 0 Å². The molecule has 19 heavy (non-hydrogen) atoms. The van der Waals surface area contributed by atoms with E-state index in [1.807, 2.05) is 0 Å². The number of carbonyl (C=O) groups is 2. The number of esters is 1. The first-order chi connectivity index (χ1) is 9.19. The highest BCUT2D eigenvalue weighted by Gasteiger charge is 2.15. The molecule has 1 aliphatic heterocycles. The maximum Gasteiger partial charge on any atom is 0.313 e. The second-order valence-corrected chi connectivity index (χ2v) is 3.82. The van der Waals surface area contributed by atoms with E-state index in [9.17, 15) is 9.59 Å². The summed E-state index contributed by atoms with van der Waals surface area (Å²) >= 11 is 0. The number of hydrogen-bond acceptors (Lipinski definition) is 6. The molecule has 0 amide bonds. The lowest BCUT2D eigenvalue weighted by molar-refractivity contribution is -0.145. The summed E-state index contributed by atoms with van der Waals surface area (Å²) in [5.74, 6) is 0.833. The largest absolute Gasteiger partial charge is 0.486 e. The summed E-state index contributed by atoms with van der Waals surface area (Å²) < 4.78 is 20.3. The van der Waals surface area contributed by atoms with Gasteiger partial charge in [0.15, 0.2) is 17.3 Å². The minimum Gasteiger partial charge on any atom is -0.486 e. The zero-order valence-electron chi connectivity index (χ0n) is 10.5. The smallest absolute Gasteiger partial charge is 0.313 e. The van der Waals surface area contributed by atoms with Gasteiger partial charge >= 0.3 is 5.97 Å². The van der Waals surface area contributed by atoms with E-state index in [4.69, 9.17) is 14.2 Å². The van der Waals surface area contributed by atoms with Crippen LogP contribution in [0.15, 0.2) is 18.2 Å². The highest BCUT2D eigenvalue weighted by molar-refractivity contribution is 5.96. The molecule has 0 saturated carbocycles. The van der Waals surface area contributed by atoms with Crippen LogP contribution in [0.4, 0.5) is 0 Å². The van der Waals surface area contributed by atoms with Crippen molar-refractivity contribution >= 4 is 11.8 Å². The number of hydrogen-bond donors (Lipinski definition) is 0. The molecule has 0 spiro atoms. The fourth-order valence-corrected chi connectivity index (χ4v) is 1.55. The monoisotopic (exact) mass is 266 g/mol. The second-order valence-electron chi connectivity index (χ2n) is 3.82. The third kappa shape index (κ3) is 3.61. The van der Waals surface area contributed by atoms with Gasteiger partial charge in [0.2, 0.25) is 6.79 Å². The van der Waals surface area contributed by atoms with E-state index < -0.39 is 5.97 Å². The van der Waals surface area contributed by atoms with Crippen LogP contribution >= 0.6 is 0 Å². The van der Waals surface area contributed by atoms with Crippen LogP contribution in [0.5, 0.6) is 17.2 Å². The van der Waals surface area contributed by atoms with Crippen molar-refractivity contribution in [1.29, 1.82) is 0 Å².